The molecule has 1 aliphatic carbocycles. The van der Waals surface area contributed by atoms with E-state index in [0.29, 0.717) is 0 Å². The zero-order valence-corrected chi connectivity index (χ0v) is 10.7. The number of ether oxygens (including phenoxy) is 1. The lowest BCUT2D eigenvalue weighted by Gasteiger charge is -2.39. The molecule has 0 spiro atoms. The normalized spacial score (nSPS) is 19.1. The Balaban J connectivity index is 2.11. The Morgan fingerprint density at radius 3 is 2.47 bits per heavy atom. The molecule has 2 nitrogen and oxygen atoms in total. The van der Waals surface area contributed by atoms with Crippen molar-refractivity contribution >= 4 is 0 Å². The summed E-state index contributed by atoms with van der Waals surface area (Å²) in [5, 5.41) is 3.73. The quantitative estimate of drug-likeness (QED) is 0.789. The number of methoxy groups -OCH3 is 1. The van der Waals surface area contributed by atoms with Gasteiger partial charge < -0.3 is 10.1 Å². The molecule has 0 bridgehead atoms. The summed E-state index contributed by atoms with van der Waals surface area (Å²) in [4.78, 5) is 0. The van der Waals surface area contributed by atoms with Crippen molar-refractivity contribution in [2.24, 2.45) is 0 Å². The fourth-order valence-corrected chi connectivity index (χ4v) is 2.87. The van der Waals surface area contributed by atoms with E-state index in [9.17, 15) is 0 Å². The van der Waals surface area contributed by atoms with Gasteiger partial charge in [-0.05, 0) is 18.4 Å². The van der Waals surface area contributed by atoms with Crippen LogP contribution in [0.4, 0.5) is 0 Å². The number of nitrogens with one attached hydrogen (secondary N) is 1. The maximum Gasteiger partial charge on any atom is 0.0587 e. The summed E-state index contributed by atoms with van der Waals surface area (Å²) < 4.78 is 5.15. The van der Waals surface area contributed by atoms with Crippen LogP contribution in [0.25, 0.3) is 0 Å². The highest BCUT2D eigenvalue weighted by atomic mass is 16.5. The van der Waals surface area contributed by atoms with E-state index in [0.717, 1.165) is 13.2 Å². The summed E-state index contributed by atoms with van der Waals surface area (Å²) in [5.41, 5.74) is 1.63. The van der Waals surface area contributed by atoms with Gasteiger partial charge in [0.1, 0.15) is 0 Å². The molecule has 0 amide bonds. The molecule has 0 saturated heterocycles. The molecule has 2 heteroatoms. The van der Waals surface area contributed by atoms with Gasteiger partial charge in [-0.2, -0.15) is 0 Å². The zero-order valence-electron chi connectivity index (χ0n) is 10.7. The van der Waals surface area contributed by atoms with Crippen molar-refractivity contribution in [2.45, 2.75) is 37.6 Å². The maximum absolute atomic E-state index is 5.15. The van der Waals surface area contributed by atoms with Crippen LogP contribution in [-0.2, 0) is 10.3 Å². The van der Waals surface area contributed by atoms with E-state index in [-0.39, 0.29) is 5.54 Å². The van der Waals surface area contributed by atoms with Gasteiger partial charge >= 0.3 is 0 Å². The molecule has 17 heavy (non-hydrogen) atoms. The molecule has 0 aromatic heterocycles. The highest BCUT2D eigenvalue weighted by molar-refractivity contribution is 5.25. The Labute approximate surface area is 104 Å². The largest absolute Gasteiger partial charge is 0.383 e. The maximum atomic E-state index is 5.15. The van der Waals surface area contributed by atoms with E-state index < -0.39 is 0 Å². The molecular formula is C15H23NO. The molecule has 0 unspecified atom stereocenters. The van der Waals surface area contributed by atoms with Crippen LogP contribution in [0, 0.1) is 0 Å². The van der Waals surface area contributed by atoms with Gasteiger partial charge in [-0.1, -0.05) is 49.6 Å². The smallest absolute Gasteiger partial charge is 0.0587 e. The third-order valence-corrected chi connectivity index (χ3v) is 3.80. The predicted octanol–water partition coefficient (Wildman–Crippen LogP) is 3.08. The highest BCUT2D eigenvalue weighted by Crippen LogP contribution is 2.36. The summed E-state index contributed by atoms with van der Waals surface area (Å²) in [7, 11) is 1.76. The van der Waals surface area contributed by atoms with Crippen LogP contribution in [0.5, 0.6) is 0 Å². The lowest BCUT2D eigenvalue weighted by Crippen LogP contribution is -2.45. The van der Waals surface area contributed by atoms with Gasteiger partial charge in [-0.15, -0.1) is 0 Å². The monoisotopic (exact) mass is 233 g/mol. The minimum Gasteiger partial charge on any atom is -0.383 e. The Morgan fingerprint density at radius 1 is 1.12 bits per heavy atom. The topological polar surface area (TPSA) is 21.3 Å². The van der Waals surface area contributed by atoms with Gasteiger partial charge in [0.15, 0.2) is 0 Å². The molecule has 1 aromatic rings. The molecule has 1 fully saturated rings. The SMILES string of the molecule is COCCNC1(c2ccccc2)CCCCC1. The van der Waals surface area contributed by atoms with Crippen molar-refractivity contribution in [2.75, 3.05) is 20.3 Å². The molecule has 1 aliphatic rings. The molecule has 0 radical (unpaired) electrons. The zero-order chi connectivity index (χ0) is 12.0. The molecule has 2 rings (SSSR count). The first kappa shape index (κ1) is 12.6. The second-order valence-corrected chi connectivity index (χ2v) is 4.93. The standard InChI is InChI=1S/C15H23NO/c1-17-13-12-16-15(10-6-3-7-11-15)14-8-4-2-5-9-14/h2,4-5,8-9,16H,3,6-7,10-13H2,1H3. The average Bonchev–Trinajstić information content (AvgIpc) is 2.41. The second kappa shape index (κ2) is 6.18. The van der Waals surface area contributed by atoms with Gasteiger partial charge in [-0.3, -0.25) is 0 Å². The van der Waals surface area contributed by atoms with Crippen LogP contribution < -0.4 is 5.32 Å². The van der Waals surface area contributed by atoms with E-state index in [2.05, 4.69) is 35.6 Å². The Morgan fingerprint density at radius 2 is 1.82 bits per heavy atom. The molecule has 0 atom stereocenters. The summed E-state index contributed by atoms with van der Waals surface area (Å²) in [6.07, 6.45) is 6.53. The minimum atomic E-state index is 0.192. The summed E-state index contributed by atoms with van der Waals surface area (Å²) in [5.74, 6) is 0. The first-order chi connectivity index (χ1) is 8.37. The molecule has 0 aliphatic heterocycles. The van der Waals surface area contributed by atoms with Gasteiger partial charge in [0, 0.05) is 19.2 Å². The van der Waals surface area contributed by atoms with E-state index in [1.807, 2.05) is 0 Å². The molecule has 1 saturated carbocycles. The average molecular weight is 233 g/mol. The summed E-state index contributed by atoms with van der Waals surface area (Å²) in [6.45, 7) is 1.72. The first-order valence-corrected chi connectivity index (χ1v) is 6.67. The lowest BCUT2D eigenvalue weighted by molar-refractivity contribution is 0.166. The van der Waals surface area contributed by atoms with Crippen LogP contribution in [0.15, 0.2) is 30.3 Å². The van der Waals surface area contributed by atoms with Crippen molar-refractivity contribution in [3.05, 3.63) is 35.9 Å². The van der Waals surface area contributed by atoms with Crippen molar-refractivity contribution in [3.8, 4) is 0 Å². The number of hydrogen-bond acceptors (Lipinski definition) is 2. The van der Waals surface area contributed by atoms with Gasteiger partial charge in [0.25, 0.3) is 0 Å². The van der Waals surface area contributed by atoms with E-state index >= 15 is 0 Å². The van der Waals surface area contributed by atoms with E-state index in [4.69, 9.17) is 4.74 Å². The van der Waals surface area contributed by atoms with Gasteiger partial charge in [-0.25, -0.2) is 0 Å². The van der Waals surface area contributed by atoms with Crippen LogP contribution in [-0.4, -0.2) is 20.3 Å². The fraction of sp³-hybridized carbons (Fsp3) is 0.600. The molecule has 1 N–H and O–H groups in total. The Kier molecular flexibility index (Phi) is 4.57. The van der Waals surface area contributed by atoms with Gasteiger partial charge in [0.2, 0.25) is 0 Å². The molecule has 1 aromatic carbocycles. The number of benzene rings is 1. The van der Waals surface area contributed by atoms with Crippen LogP contribution in [0.1, 0.15) is 37.7 Å². The summed E-state index contributed by atoms with van der Waals surface area (Å²) in [6, 6.07) is 10.9. The van der Waals surface area contributed by atoms with Crippen molar-refractivity contribution in [1.29, 1.82) is 0 Å². The third kappa shape index (κ3) is 3.08. The fourth-order valence-electron chi connectivity index (χ4n) is 2.87. The van der Waals surface area contributed by atoms with E-state index in [1.165, 1.54) is 37.7 Å². The first-order valence-electron chi connectivity index (χ1n) is 6.67. The second-order valence-electron chi connectivity index (χ2n) is 4.93. The van der Waals surface area contributed by atoms with Crippen molar-refractivity contribution in [3.63, 3.8) is 0 Å². The Hall–Kier alpha value is -0.860. The minimum absolute atomic E-state index is 0.192. The van der Waals surface area contributed by atoms with Gasteiger partial charge in [0.05, 0.1) is 6.61 Å². The lowest BCUT2D eigenvalue weighted by atomic mass is 9.76. The van der Waals surface area contributed by atoms with Crippen LogP contribution in [0.3, 0.4) is 0 Å². The number of hydrogen-bond donors (Lipinski definition) is 1. The molecule has 94 valence electrons. The summed E-state index contributed by atoms with van der Waals surface area (Å²) >= 11 is 0. The van der Waals surface area contributed by atoms with Crippen molar-refractivity contribution in [1.82, 2.24) is 5.32 Å². The number of rotatable bonds is 5. The van der Waals surface area contributed by atoms with E-state index in [1.54, 1.807) is 7.11 Å². The molecular weight excluding hydrogens is 210 g/mol. The van der Waals surface area contributed by atoms with Crippen molar-refractivity contribution < 1.29 is 4.74 Å². The van der Waals surface area contributed by atoms with Crippen LogP contribution in [0.2, 0.25) is 0 Å². The predicted molar refractivity (Wildman–Crippen MR) is 71.1 cm³/mol. The van der Waals surface area contributed by atoms with Crippen LogP contribution >= 0.6 is 0 Å². The third-order valence-electron chi connectivity index (χ3n) is 3.80. The molecule has 0 heterocycles. The highest BCUT2D eigenvalue weighted by Gasteiger charge is 2.32. The Bertz CT molecular complexity index is 317.